The molecule has 0 unspecified atom stereocenters. The highest BCUT2D eigenvalue weighted by Gasteiger charge is 1.98. The van der Waals surface area contributed by atoms with Crippen molar-refractivity contribution in [1.29, 1.82) is 0 Å². The SMILES string of the molecule is COC(=O)C#Cc1ccc(/C=C/c2ccc3ccc(/C=C/c4ccc(C#CC(=O)OC)cc4)cc3c2)cc1. The summed E-state index contributed by atoms with van der Waals surface area (Å²) in [5.41, 5.74) is 5.76. The average molecular weight is 497 g/mol. The molecule has 0 saturated carbocycles. The fourth-order valence-electron chi connectivity index (χ4n) is 3.58. The summed E-state index contributed by atoms with van der Waals surface area (Å²) < 4.78 is 9.06. The van der Waals surface area contributed by atoms with Crippen LogP contribution in [0.25, 0.3) is 35.1 Å². The van der Waals surface area contributed by atoms with Crippen LogP contribution in [0.1, 0.15) is 33.4 Å². The maximum Gasteiger partial charge on any atom is 0.384 e. The topological polar surface area (TPSA) is 52.6 Å². The van der Waals surface area contributed by atoms with Crippen molar-refractivity contribution in [3.63, 3.8) is 0 Å². The van der Waals surface area contributed by atoms with E-state index in [9.17, 15) is 9.59 Å². The zero-order valence-corrected chi connectivity index (χ0v) is 21.0. The highest BCUT2D eigenvalue weighted by Crippen LogP contribution is 2.21. The van der Waals surface area contributed by atoms with Crippen molar-refractivity contribution >= 4 is 47.0 Å². The van der Waals surface area contributed by atoms with E-state index in [2.05, 4.69) is 81.7 Å². The molecule has 0 spiro atoms. The molecule has 4 rings (SSSR count). The van der Waals surface area contributed by atoms with E-state index in [0.717, 1.165) is 38.8 Å². The minimum absolute atomic E-state index is 0.554. The smallest absolute Gasteiger partial charge is 0.384 e. The number of carbonyl (C=O) groups excluding carboxylic acids is 2. The standard InChI is InChI=1S/C34H24O4/c1-37-33(35)21-17-27-7-3-25(4-8-27)11-13-29-15-19-31-20-16-30(24-32(31)23-29)14-12-26-5-9-28(10-6-26)18-22-34(36)38-2/h3-16,19-20,23-24H,1-2H3/b13-11+,14-12+. The van der Waals surface area contributed by atoms with Gasteiger partial charge in [0.25, 0.3) is 0 Å². The lowest BCUT2D eigenvalue weighted by Crippen LogP contribution is -1.94. The second kappa shape index (κ2) is 12.6. The first kappa shape index (κ1) is 25.8. The third-order valence-corrected chi connectivity index (χ3v) is 5.63. The summed E-state index contributed by atoms with van der Waals surface area (Å²) >= 11 is 0. The van der Waals surface area contributed by atoms with Crippen molar-refractivity contribution in [2.24, 2.45) is 0 Å². The lowest BCUT2D eigenvalue weighted by molar-refractivity contribution is -0.134. The maximum atomic E-state index is 11.2. The van der Waals surface area contributed by atoms with Crippen molar-refractivity contribution in [1.82, 2.24) is 0 Å². The number of benzene rings is 4. The Balaban J connectivity index is 1.45. The van der Waals surface area contributed by atoms with Gasteiger partial charge in [-0.25, -0.2) is 9.59 Å². The third kappa shape index (κ3) is 7.34. The van der Waals surface area contributed by atoms with Crippen molar-refractivity contribution in [3.05, 3.63) is 118 Å². The van der Waals surface area contributed by atoms with Crippen molar-refractivity contribution < 1.29 is 19.1 Å². The summed E-state index contributed by atoms with van der Waals surface area (Å²) in [4.78, 5) is 22.3. The van der Waals surface area contributed by atoms with Gasteiger partial charge in [-0.3, -0.25) is 0 Å². The van der Waals surface area contributed by atoms with Crippen LogP contribution >= 0.6 is 0 Å². The average Bonchev–Trinajstić information content (AvgIpc) is 2.97. The van der Waals surface area contributed by atoms with Gasteiger partial charge in [-0.15, -0.1) is 0 Å². The molecule has 0 saturated heterocycles. The van der Waals surface area contributed by atoms with Crippen LogP contribution in [0.5, 0.6) is 0 Å². The second-order valence-corrected chi connectivity index (χ2v) is 8.26. The van der Waals surface area contributed by atoms with Gasteiger partial charge in [0.05, 0.1) is 14.2 Å². The maximum absolute atomic E-state index is 11.2. The highest BCUT2D eigenvalue weighted by atomic mass is 16.5. The third-order valence-electron chi connectivity index (χ3n) is 5.63. The molecule has 4 aromatic carbocycles. The molecule has 184 valence electrons. The summed E-state index contributed by atoms with van der Waals surface area (Å²) in [6, 6.07) is 28.1. The molecule has 0 aliphatic rings. The summed E-state index contributed by atoms with van der Waals surface area (Å²) in [6.07, 6.45) is 8.23. The Morgan fingerprint density at radius 3 is 1.29 bits per heavy atom. The van der Waals surface area contributed by atoms with E-state index in [0.29, 0.717) is 0 Å². The van der Waals surface area contributed by atoms with E-state index in [1.54, 1.807) is 0 Å². The molecule has 0 bridgehead atoms. The molecule has 0 aliphatic carbocycles. The molecule has 0 amide bonds. The molecule has 0 atom stereocenters. The number of hydrogen-bond donors (Lipinski definition) is 0. The lowest BCUT2D eigenvalue weighted by atomic mass is 10.0. The van der Waals surface area contributed by atoms with Crippen molar-refractivity contribution in [2.45, 2.75) is 0 Å². The van der Waals surface area contributed by atoms with Gasteiger partial charge >= 0.3 is 11.9 Å². The van der Waals surface area contributed by atoms with Gasteiger partial charge in [0.1, 0.15) is 0 Å². The molecule has 0 aromatic heterocycles. The summed E-state index contributed by atoms with van der Waals surface area (Å²) in [7, 11) is 2.62. The number of fused-ring (bicyclic) bond motifs is 1. The van der Waals surface area contributed by atoms with Gasteiger partial charge < -0.3 is 9.47 Å². The Morgan fingerprint density at radius 2 is 0.895 bits per heavy atom. The Hall–Kier alpha value is -5.32. The van der Waals surface area contributed by atoms with Crippen LogP contribution < -0.4 is 0 Å². The Morgan fingerprint density at radius 1 is 0.526 bits per heavy atom. The first-order valence-electron chi connectivity index (χ1n) is 11.8. The minimum Gasteiger partial charge on any atom is -0.459 e. The van der Waals surface area contributed by atoms with Crippen molar-refractivity contribution in [3.8, 4) is 23.7 Å². The summed E-state index contributed by atoms with van der Waals surface area (Å²) in [6.45, 7) is 0. The summed E-state index contributed by atoms with van der Waals surface area (Å²) in [5.74, 6) is 9.30. The van der Waals surface area contributed by atoms with Gasteiger partial charge in [-0.1, -0.05) is 84.7 Å². The van der Waals surface area contributed by atoms with E-state index in [4.69, 9.17) is 0 Å². The van der Waals surface area contributed by atoms with Crippen LogP contribution in [-0.2, 0) is 19.1 Å². The van der Waals surface area contributed by atoms with E-state index < -0.39 is 11.9 Å². The molecule has 38 heavy (non-hydrogen) atoms. The quantitative estimate of drug-likeness (QED) is 0.191. The largest absolute Gasteiger partial charge is 0.459 e. The first-order valence-corrected chi connectivity index (χ1v) is 11.8. The fourth-order valence-corrected chi connectivity index (χ4v) is 3.58. The predicted octanol–water partition coefficient (Wildman–Crippen LogP) is 6.23. The van der Waals surface area contributed by atoms with E-state index >= 15 is 0 Å². The molecule has 0 aliphatic heterocycles. The number of rotatable bonds is 4. The number of esters is 2. The van der Waals surface area contributed by atoms with E-state index in [1.807, 2.05) is 60.7 Å². The van der Waals surface area contributed by atoms with Crippen LogP contribution in [0.3, 0.4) is 0 Å². The molecule has 0 heterocycles. The van der Waals surface area contributed by atoms with Gasteiger partial charge in [-0.05, 0) is 69.4 Å². The van der Waals surface area contributed by atoms with Crippen LogP contribution in [0.15, 0.2) is 84.9 Å². The predicted molar refractivity (Wildman–Crippen MR) is 152 cm³/mol. The second-order valence-electron chi connectivity index (χ2n) is 8.26. The first-order chi connectivity index (χ1) is 18.5. The number of carbonyl (C=O) groups is 2. The van der Waals surface area contributed by atoms with Crippen molar-refractivity contribution in [2.75, 3.05) is 14.2 Å². The number of ether oxygens (including phenoxy) is 2. The number of methoxy groups -OCH3 is 2. The molecular weight excluding hydrogens is 472 g/mol. The van der Waals surface area contributed by atoms with Crippen LogP contribution in [0.4, 0.5) is 0 Å². The van der Waals surface area contributed by atoms with Crippen LogP contribution in [0, 0.1) is 23.7 Å². The van der Waals surface area contributed by atoms with E-state index in [-0.39, 0.29) is 0 Å². The zero-order valence-electron chi connectivity index (χ0n) is 21.0. The summed E-state index contributed by atoms with van der Waals surface area (Å²) in [5, 5.41) is 2.32. The highest BCUT2D eigenvalue weighted by molar-refractivity contribution is 5.90. The molecule has 0 N–H and O–H groups in total. The van der Waals surface area contributed by atoms with Gasteiger partial charge in [-0.2, -0.15) is 0 Å². The molecule has 4 aromatic rings. The fraction of sp³-hybridized carbons (Fsp3) is 0.0588. The van der Waals surface area contributed by atoms with E-state index in [1.165, 1.54) is 19.6 Å². The molecule has 4 heteroatoms. The van der Waals surface area contributed by atoms with Crippen LogP contribution in [-0.4, -0.2) is 26.2 Å². The van der Waals surface area contributed by atoms with Gasteiger partial charge in [0, 0.05) is 23.0 Å². The monoisotopic (exact) mass is 496 g/mol. The normalized spacial score (nSPS) is 10.5. The molecule has 4 nitrogen and oxygen atoms in total. The Labute approximate surface area is 222 Å². The minimum atomic E-state index is -0.554. The van der Waals surface area contributed by atoms with Crippen LogP contribution in [0.2, 0.25) is 0 Å². The molecule has 0 fully saturated rings. The molecule has 0 radical (unpaired) electrons. The lowest BCUT2D eigenvalue weighted by Gasteiger charge is -2.03. The molecular formula is C34H24O4. The zero-order chi connectivity index (χ0) is 26.7. The van der Waals surface area contributed by atoms with Gasteiger partial charge in [0.15, 0.2) is 0 Å². The Kier molecular flexibility index (Phi) is 8.53. The Bertz CT molecular complexity index is 1530. The van der Waals surface area contributed by atoms with Gasteiger partial charge in [0.2, 0.25) is 0 Å². The number of hydrogen-bond acceptors (Lipinski definition) is 4.